The summed E-state index contributed by atoms with van der Waals surface area (Å²) in [5.41, 5.74) is 1.17. The number of hydrogen-bond donors (Lipinski definition) is 1. The maximum absolute atomic E-state index is 14.0. The Bertz CT molecular complexity index is 1170. The molecule has 4 rings (SSSR count). The van der Waals surface area contributed by atoms with Gasteiger partial charge in [0.05, 0.1) is 12.2 Å². The van der Waals surface area contributed by atoms with E-state index in [1.807, 2.05) is 4.90 Å². The number of benzene rings is 1. The molecule has 12 heteroatoms. The van der Waals surface area contributed by atoms with Crippen LogP contribution in [0, 0.1) is 5.82 Å². The van der Waals surface area contributed by atoms with Crippen LogP contribution in [0.5, 0.6) is 5.75 Å². The maximum atomic E-state index is 14.0. The van der Waals surface area contributed by atoms with Crippen molar-refractivity contribution in [1.82, 2.24) is 9.97 Å². The van der Waals surface area contributed by atoms with Gasteiger partial charge in [-0.2, -0.15) is 0 Å². The Hall–Kier alpha value is -3.44. The van der Waals surface area contributed by atoms with E-state index in [1.165, 1.54) is 36.7 Å². The molecule has 1 aromatic carbocycles. The van der Waals surface area contributed by atoms with Crippen LogP contribution in [0.15, 0.2) is 48.8 Å². The van der Waals surface area contributed by atoms with Crippen molar-refractivity contribution in [3.8, 4) is 16.9 Å². The van der Waals surface area contributed by atoms with Crippen molar-refractivity contribution in [3.63, 3.8) is 0 Å². The average Bonchev–Trinajstić information content (AvgIpc) is 3.30. The molecule has 7 nitrogen and oxygen atoms in total. The van der Waals surface area contributed by atoms with Crippen LogP contribution in [0.25, 0.3) is 11.1 Å². The number of carbonyl (C=O) groups is 1. The summed E-state index contributed by atoms with van der Waals surface area (Å²) in [6, 6.07) is 7.38. The lowest BCUT2D eigenvalue weighted by molar-refractivity contribution is -0.274. The predicted molar refractivity (Wildman–Crippen MR) is 112 cm³/mol. The summed E-state index contributed by atoms with van der Waals surface area (Å²) in [5, 5.41) is 2.28. The van der Waals surface area contributed by atoms with Crippen LogP contribution in [-0.2, 0) is 4.74 Å². The van der Waals surface area contributed by atoms with Gasteiger partial charge in [-0.25, -0.2) is 14.4 Å². The molecular weight excluding hydrogens is 468 g/mol. The van der Waals surface area contributed by atoms with Gasteiger partial charge in [0.2, 0.25) is 0 Å². The van der Waals surface area contributed by atoms with Crippen molar-refractivity contribution in [1.29, 1.82) is 0 Å². The minimum absolute atomic E-state index is 0.139. The molecule has 0 aliphatic carbocycles. The summed E-state index contributed by atoms with van der Waals surface area (Å²) in [4.78, 5) is 22.8. The molecule has 0 saturated carbocycles. The van der Waals surface area contributed by atoms with Crippen LogP contribution in [-0.4, -0.2) is 42.1 Å². The number of nitrogens with one attached hydrogen (secondary N) is 1. The Kier molecular flexibility index (Phi) is 6.34. The lowest BCUT2D eigenvalue weighted by Crippen LogP contribution is -2.21. The van der Waals surface area contributed by atoms with Gasteiger partial charge in [0.1, 0.15) is 18.3 Å². The van der Waals surface area contributed by atoms with E-state index < -0.39 is 23.8 Å². The minimum atomic E-state index is -4.81. The number of hydrogen-bond acceptors (Lipinski definition) is 6. The normalized spacial score (nSPS) is 13.8. The molecule has 3 heterocycles. The fraction of sp³-hybridized carbons (Fsp3) is 0.190. The number of anilines is 2. The molecule has 172 valence electrons. The van der Waals surface area contributed by atoms with Crippen LogP contribution in [0.4, 0.5) is 29.1 Å². The van der Waals surface area contributed by atoms with Gasteiger partial charge in [-0.3, -0.25) is 4.79 Å². The Balaban J connectivity index is 1.61. The van der Waals surface area contributed by atoms with Crippen molar-refractivity contribution < 1.29 is 31.8 Å². The van der Waals surface area contributed by atoms with Gasteiger partial charge in [0.15, 0.2) is 11.0 Å². The third-order valence-corrected chi connectivity index (χ3v) is 4.91. The zero-order valence-electron chi connectivity index (χ0n) is 16.7. The highest BCUT2D eigenvalue weighted by Crippen LogP contribution is 2.32. The van der Waals surface area contributed by atoms with E-state index in [9.17, 15) is 22.4 Å². The van der Waals surface area contributed by atoms with Gasteiger partial charge in [0.25, 0.3) is 5.91 Å². The fourth-order valence-corrected chi connectivity index (χ4v) is 3.24. The molecule has 1 fully saturated rings. The van der Waals surface area contributed by atoms with Crippen molar-refractivity contribution >= 4 is 29.0 Å². The second-order valence-corrected chi connectivity index (χ2v) is 7.28. The number of ether oxygens (including phenoxy) is 2. The number of rotatable bonds is 5. The van der Waals surface area contributed by atoms with Crippen molar-refractivity contribution in [2.75, 3.05) is 30.1 Å². The van der Waals surface area contributed by atoms with E-state index in [-0.39, 0.29) is 23.1 Å². The molecule has 0 radical (unpaired) electrons. The van der Waals surface area contributed by atoms with Crippen molar-refractivity contribution in [3.05, 3.63) is 65.3 Å². The van der Waals surface area contributed by atoms with E-state index in [0.29, 0.717) is 30.1 Å². The summed E-state index contributed by atoms with van der Waals surface area (Å²) < 4.78 is 60.1. The zero-order chi connectivity index (χ0) is 23.6. The summed E-state index contributed by atoms with van der Waals surface area (Å²) in [6.07, 6.45) is -2.11. The SMILES string of the molecule is O=C(Nc1ccc(OC(F)(F)F)cc1)c1cnc(N2CCOC2)c(-c2cnc(Cl)c(F)c2)c1. The summed E-state index contributed by atoms with van der Waals surface area (Å²) in [5.74, 6) is -1.24. The third kappa shape index (κ3) is 5.49. The predicted octanol–water partition coefficient (Wildman–Crippen LogP) is 4.88. The number of halogens is 5. The Morgan fingerprint density at radius 2 is 1.91 bits per heavy atom. The molecule has 3 aromatic rings. The van der Waals surface area contributed by atoms with Crippen LogP contribution >= 0.6 is 11.6 Å². The minimum Gasteiger partial charge on any atom is -0.406 e. The molecule has 1 N–H and O–H groups in total. The summed E-state index contributed by atoms with van der Waals surface area (Å²) in [7, 11) is 0. The van der Waals surface area contributed by atoms with Gasteiger partial charge in [-0.15, -0.1) is 13.2 Å². The van der Waals surface area contributed by atoms with E-state index in [2.05, 4.69) is 20.0 Å². The molecule has 1 amide bonds. The second kappa shape index (κ2) is 9.20. The van der Waals surface area contributed by atoms with Crippen molar-refractivity contribution in [2.45, 2.75) is 6.36 Å². The number of alkyl halides is 3. The lowest BCUT2D eigenvalue weighted by atomic mass is 10.1. The molecular formula is C21H15ClF4N4O3. The molecule has 0 spiro atoms. The largest absolute Gasteiger partial charge is 0.573 e. The Morgan fingerprint density at radius 1 is 1.15 bits per heavy atom. The van der Waals surface area contributed by atoms with Crippen molar-refractivity contribution in [2.24, 2.45) is 0 Å². The zero-order valence-corrected chi connectivity index (χ0v) is 17.5. The van der Waals surface area contributed by atoms with Gasteiger partial charge >= 0.3 is 6.36 Å². The number of amides is 1. The van der Waals surface area contributed by atoms with Gasteiger partial charge in [0, 0.05) is 35.8 Å². The number of pyridine rings is 2. The first-order valence-electron chi connectivity index (χ1n) is 9.51. The lowest BCUT2D eigenvalue weighted by Gasteiger charge is -2.19. The fourth-order valence-electron chi connectivity index (χ4n) is 3.14. The molecule has 0 atom stereocenters. The first kappa shape index (κ1) is 22.7. The van der Waals surface area contributed by atoms with E-state index in [1.54, 1.807) is 0 Å². The quantitative estimate of drug-likeness (QED) is 0.412. The molecule has 1 aliphatic heterocycles. The molecule has 1 saturated heterocycles. The van der Waals surface area contributed by atoms with Crippen LogP contribution < -0.4 is 15.0 Å². The summed E-state index contributed by atoms with van der Waals surface area (Å²) >= 11 is 5.69. The topological polar surface area (TPSA) is 76.6 Å². The maximum Gasteiger partial charge on any atom is 0.573 e. The number of carbonyl (C=O) groups excluding carboxylic acids is 1. The standard InChI is InChI=1S/C21H15ClF4N4O3/c22-18-17(23)8-12(9-27-18)16-7-13(10-28-19(16)30-5-6-32-11-30)20(31)29-14-1-3-15(4-2-14)33-21(24,25)26/h1-4,7-10H,5-6,11H2,(H,29,31). The Morgan fingerprint density at radius 3 is 2.55 bits per heavy atom. The first-order chi connectivity index (χ1) is 15.7. The summed E-state index contributed by atoms with van der Waals surface area (Å²) in [6.45, 7) is 1.33. The van der Waals surface area contributed by atoms with Gasteiger partial charge < -0.3 is 19.7 Å². The average molecular weight is 483 g/mol. The van der Waals surface area contributed by atoms with E-state index in [4.69, 9.17) is 16.3 Å². The highest BCUT2D eigenvalue weighted by atomic mass is 35.5. The smallest absolute Gasteiger partial charge is 0.406 e. The third-order valence-electron chi connectivity index (χ3n) is 4.63. The van der Waals surface area contributed by atoms with Crippen LogP contribution in [0.1, 0.15) is 10.4 Å². The van der Waals surface area contributed by atoms with E-state index in [0.717, 1.165) is 12.1 Å². The molecule has 0 unspecified atom stereocenters. The second-order valence-electron chi connectivity index (χ2n) is 6.92. The number of aromatic nitrogens is 2. The highest BCUT2D eigenvalue weighted by Gasteiger charge is 2.31. The van der Waals surface area contributed by atoms with Crippen LogP contribution in [0.3, 0.4) is 0 Å². The Labute approximate surface area is 189 Å². The van der Waals surface area contributed by atoms with Gasteiger partial charge in [-0.05, 0) is 36.4 Å². The molecule has 1 aliphatic rings. The number of nitrogens with zero attached hydrogens (tertiary/aromatic N) is 3. The first-order valence-corrected chi connectivity index (χ1v) is 9.89. The van der Waals surface area contributed by atoms with E-state index >= 15 is 0 Å². The van der Waals surface area contributed by atoms with Crippen LogP contribution in [0.2, 0.25) is 5.15 Å². The molecule has 33 heavy (non-hydrogen) atoms. The highest BCUT2D eigenvalue weighted by molar-refractivity contribution is 6.29. The monoisotopic (exact) mass is 482 g/mol. The molecule has 0 bridgehead atoms. The molecule has 2 aromatic heterocycles. The van der Waals surface area contributed by atoms with Gasteiger partial charge in [-0.1, -0.05) is 11.6 Å².